The van der Waals surface area contributed by atoms with Gasteiger partial charge in [0.15, 0.2) is 9.84 Å². The Labute approximate surface area is 214 Å². The van der Waals surface area contributed by atoms with Gasteiger partial charge < -0.3 is 15.6 Å². The maximum atomic E-state index is 13.5. The van der Waals surface area contributed by atoms with Crippen molar-refractivity contribution in [1.29, 1.82) is 0 Å². The molecule has 0 amide bonds. The zero-order valence-electron chi connectivity index (χ0n) is 19.7. The normalized spacial score (nSPS) is 23.2. The number of rotatable bonds is 6. The van der Waals surface area contributed by atoms with Crippen LogP contribution in [-0.4, -0.2) is 98.2 Å². The van der Waals surface area contributed by atoms with Gasteiger partial charge in [0, 0.05) is 50.9 Å². The summed E-state index contributed by atoms with van der Waals surface area (Å²) in [6, 6.07) is 3.26. The molecule has 19 heteroatoms. The maximum absolute atomic E-state index is 13.5. The van der Waals surface area contributed by atoms with Gasteiger partial charge in [0.2, 0.25) is 5.88 Å². The van der Waals surface area contributed by atoms with E-state index >= 15 is 0 Å². The molecule has 38 heavy (non-hydrogen) atoms. The van der Waals surface area contributed by atoms with Gasteiger partial charge in [0.25, 0.3) is 10.2 Å². The second-order valence-corrected chi connectivity index (χ2v) is 12.8. The van der Waals surface area contributed by atoms with Gasteiger partial charge in [-0.1, -0.05) is 0 Å². The number of carbonyl (C=O) groups is 1. The first-order valence-corrected chi connectivity index (χ1v) is 14.2. The van der Waals surface area contributed by atoms with E-state index < -0.39 is 56.7 Å². The van der Waals surface area contributed by atoms with Gasteiger partial charge in [-0.15, -0.1) is 0 Å². The first-order valence-electron chi connectivity index (χ1n) is 11.0. The summed E-state index contributed by atoms with van der Waals surface area (Å²) < 4.78 is 129. The van der Waals surface area contributed by atoms with Crippen molar-refractivity contribution in [3.63, 3.8) is 0 Å². The highest BCUT2D eigenvalue weighted by molar-refractivity contribution is 7.91. The minimum absolute atomic E-state index is 0.145. The number of nitrogens with zero attached hydrogens (tertiary/aromatic N) is 3. The lowest BCUT2D eigenvalue weighted by atomic mass is 9.90. The Morgan fingerprint density at radius 3 is 2.21 bits per heavy atom. The third kappa shape index (κ3) is 9.21. The summed E-state index contributed by atoms with van der Waals surface area (Å²) in [5.41, 5.74) is 6.30. The molecule has 0 saturated carbocycles. The summed E-state index contributed by atoms with van der Waals surface area (Å²) in [6.45, 7) is -1.30. The minimum atomic E-state index is -5.08. The fourth-order valence-corrected chi connectivity index (χ4v) is 6.83. The molecule has 1 aromatic heterocycles. The third-order valence-electron chi connectivity index (χ3n) is 5.67. The van der Waals surface area contributed by atoms with Crippen LogP contribution in [0.2, 0.25) is 0 Å². The molecule has 0 aliphatic carbocycles. The number of hydrogen-bond donors (Lipinski definition) is 2. The molecule has 2 saturated heterocycles. The predicted molar refractivity (Wildman–Crippen MR) is 120 cm³/mol. The average molecular weight is 601 g/mol. The molecule has 2 atom stereocenters. The molecule has 0 bridgehead atoms. The Bertz CT molecular complexity index is 1160. The Morgan fingerprint density at radius 2 is 1.71 bits per heavy atom. The smallest absolute Gasteiger partial charge is 0.477 e. The minimum Gasteiger partial charge on any atom is -0.477 e. The molecule has 3 rings (SSSR count). The van der Waals surface area contributed by atoms with Crippen molar-refractivity contribution < 1.29 is 57.8 Å². The molecule has 11 nitrogen and oxygen atoms in total. The molecule has 2 aliphatic heterocycles. The van der Waals surface area contributed by atoms with Crippen molar-refractivity contribution in [3.05, 3.63) is 23.9 Å². The van der Waals surface area contributed by atoms with E-state index in [0.717, 1.165) is 14.2 Å². The van der Waals surface area contributed by atoms with Crippen molar-refractivity contribution in [2.24, 2.45) is 17.6 Å². The second kappa shape index (κ2) is 12.3. The van der Waals surface area contributed by atoms with E-state index in [0.29, 0.717) is 0 Å². The van der Waals surface area contributed by atoms with E-state index in [1.165, 1.54) is 6.20 Å². The van der Waals surface area contributed by atoms with E-state index in [4.69, 9.17) is 20.4 Å². The first-order chi connectivity index (χ1) is 17.3. The summed E-state index contributed by atoms with van der Waals surface area (Å²) >= 11 is 0. The molecule has 0 unspecified atom stereocenters. The van der Waals surface area contributed by atoms with Gasteiger partial charge >= 0.3 is 18.3 Å². The molecule has 3 heterocycles. The van der Waals surface area contributed by atoms with Crippen LogP contribution in [0.15, 0.2) is 18.3 Å². The Balaban J connectivity index is 0.000000638. The topological polar surface area (TPSA) is 160 Å². The number of pyridine rings is 1. The van der Waals surface area contributed by atoms with E-state index in [1.807, 2.05) is 0 Å². The summed E-state index contributed by atoms with van der Waals surface area (Å²) in [5.74, 6) is -5.81. The molecular weight excluding hydrogens is 574 g/mol. The number of carboxylic acids is 1. The molecule has 218 valence electrons. The predicted octanol–water partition coefficient (Wildman–Crippen LogP) is 1.03. The lowest BCUT2D eigenvalue weighted by Crippen LogP contribution is -2.55. The van der Waals surface area contributed by atoms with Gasteiger partial charge in [0.1, 0.15) is 0 Å². The quantitative estimate of drug-likeness (QED) is 0.455. The number of sulfone groups is 1. The monoisotopic (exact) mass is 600 g/mol. The SMILES string of the molecule is NCc1ccnc(OC[C@H]2C[C@@H](C(F)(F)F)CN(S(=O)(=O)N3CCS(=O)(=O)CC3)C2)c1.O=C(O)C(F)(F)F. The fourth-order valence-electron chi connectivity index (χ4n) is 3.66. The molecule has 2 fully saturated rings. The summed E-state index contributed by atoms with van der Waals surface area (Å²) in [4.78, 5) is 12.9. The third-order valence-corrected chi connectivity index (χ3v) is 9.24. The van der Waals surface area contributed by atoms with Crippen LogP contribution in [-0.2, 0) is 31.4 Å². The van der Waals surface area contributed by atoms with Crippen LogP contribution in [0.4, 0.5) is 26.3 Å². The van der Waals surface area contributed by atoms with E-state index in [2.05, 4.69) is 4.98 Å². The molecule has 0 spiro atoms. The van der Waals surface area contributed by atoms with Gasteiger partial charge in [0.05, 0.1) is 24.0 Å². The molecular formula is C19H26F6N4O7S2. The fraction of sp³-hybridized carbons (Fsp3) is 0.684. The van der Waals surface area contributed by atoms with Crippen LogP contribution in [0.3, 0.4) is 0 Å². The zero-order chi connectivity index (χ0) is 28.9. The summed E-state index contributed by atoms with van der Waals surface area (Å²) in [7, 11) is -7.58. The highest BCUT2D eigenvalue weighted by Gasteiger charge is 2.48. The van der Waals surface area contributed by atoms with Crippen molar-refractivity contribution in [2.45, 2.75) is 25.3 Å². The highest BCUT2D eigenvalue weighted by Crippen LogP contribution is 2.37. The molecule has 1 aromatic rings. The van der Waals surface area contributed by atoms with Crippen LogP contribution in [0.1, 0.15) is 12.0 Å². The second-order valence-electron chi connectivity index (χ2n) is 8.54. The molecule has 3 N–H and O–H groups in total. The number of piperidine rings is 1. The lowest BCUT2D eigenvalue weighted by Gasteiger charge is -2.40. The number of halogens is 6. The van der Waals surface area contributed by atoms with Gasteiger partial charge in [-0.3, -0.25) is 0 Å². The Hall–Kier alpha value is -2.22. The van der Waals surface area contributed by atoms with Gasteiger partial charge in [-0.2, -0.15) is 43.4 Å². The van der Waals surface area contributed by atoms with Crippen LogP contribution < -0.4 is 10.5 Å². The number of alkyl halides is 6. The highest BCUT2D eigenvalue weighted by atomic mass is 32.2. The number of hydrogen-bond acceptors (Lipinski definition) is 8. The number of ether oxygens (including phenoxy) is 1. The Kier molecular flexibility index (Phi) is 10.4. The van der Waals surface area contributed by atoms with Crippen molar-refractivity contribution in [1.82, 2.24) is 13.6 Å². The summed E-state index contributed by atoms with van der Waals surface area (Å²) in [6.07, 6.45) is -8.46. The first kappa shape index (κ1) is 32.0. The average Bonchev–Trinajstić information content (AvgIpc) is 2.81. The molecule has 2 aliphatic rings. The Morgan fingerprint density at radius 1 is 1.13 bits per heavy atom. The molecule has 0 radical (unpaired) electrons. The number of aromatic nitrogens is 1. The number of carboxylic acid groups (broad SMARTS) is 1. The number of aliphatic carboxylic acids is 1. The van der Waals surface area contributed by atoms with Crippen LogP contribution >= 0.6 is 0 Å². The van der Waals surface area contributed by atoms with Crippen molar-refractivity contribution in [3.8, 4) is 5.88 Å². The standard InChI is InChI=1S/C17H25F3N4O5S2.C2HF3O2/c18-17(19,20)15-7-14(12-29-16-8-13(9-21)1-2-22-16)10-24(11-15)31(27,28)23-3-5-30(25,26)6-4-23;3-2(4,5)1(6)7/h1-2,8,14-15H,3-7,9-12,21H2;(H,6,7)/t14-,15+;/m0./s1. The van der Waals surface area contributed by atoms with Crippen molar-refractivity contribution >= 4 is 26.0 Å². The number of nitrogens with two attached hydrogens (primary N) is 1. The molecule has 0 aromatic carbocycles. The zero-order valence-corrected chi connectivity index (χ0v) is 21.3. The van der Waals surface area contributed by atoms with Crippen LogP contribution in [0, 0.1) is 11.8 Å². The van der Waals surface area contributed by atoms with Crippen LogP contribution in [0.25, 0.3) is 0 Å². The van der Waals surface area contributed by atoms with E-state index in [-0.39, 0.29) is 56.6 Å². The maximum Gasteiger partial charge on any atom is 0.490 e. The van der Waals surface area contributed by atoms with Crippen molar-refractivity contribution in [2.75, 3.05) is 44.3 Å². The van der Waals surface area contributed by atoms with Gasteiger partial charge in [-0.05, 0) is 18.1 Å². The van der Waals surface area contributed by atoms with E-state index in [1.54, 1.807) is 12.1 Å². The lowest BCUT2D eigenvalue weighted by molar-refractivity contribution is -0.192. The summed E-state index contributed by atoms with van der Waals surface area (Å²) in [5, 5.41) is 7.12. The van der Waals surface area contributed by atoms with Crippen LogP contribution in [0.5, 0.6) is 5.88 Å². The van der Waals surface area contributed by atoms with E-state index in [9.17, 15) is 43.2 Å². The largest absolute Gasteiger partial charge is 0.490 e. The van der Waals surface area contributed by atoms with Gasteiger partial charge in [-0.25, -0.2) is 18.2 Å².